The number of carboxylic acid groups (broad SMARTS) is 2. The van der Waals surface area contributed by atoms with E-state index in [4.69, 9.17) is 22.0 Å². The van der Waals surface area contributed by atoms with Crippen molar-refractivity contribution in [1.82, 2.24) is 20.5 Å². The predicted molar refractivity (Wildman–Crippen MR) is 127 cm³/mol. The van der Waals surface area contributed by atoms with Gasteiger partial charge in [-0.1, -0.05) is 11.6 Å². The van der Waals surface area contributed by atoms with Gasteiger partial charge < -0.3 is 42.2 Å². The van der Waals surface area contributed by atoms with Crippen molar-refractivity contribution in [2.75, 3.05) is 19.6 Å². The number of nitrogens with zero attached hydrogens (tertiary/aromatic N) is 1. The van der Waals surface area contributed by atoms with Crippen LogP contribution in [0.1, 0.15) is 47.4 Å². The number of aryl methyl sites for hydroxylation is 1. The summed E-state index contributed by atoms with van der Waals surface area (Å²) in [5.41, 5.74) is 13.2. The van der Waals surface area contributed by atoms with E-state index in [1.165, 1.54) is 6.07 Å². The van der Waals surface area contributed by atoms with Crippen molar-refractivity contribution in [1.29, 1.82) is 5.41 Å². The lowest BCUT2D eigenvalue weighted by molar-refractivity contribution is -0.141. The minimum Gasteiger partial charge on any atom is -0.480 e. The molecule has 0 fully saturated rings. The zero-order valence-electron chi connectivity index (χ0n) is 19.6. The number of aliphatic carboxylic acids is 1. The first-order valence-corrected chi connectivity index (χ1v) is 11.2. The molecule has 0 aromatic carbocycles. The highest BCUT2D eigenvalue weighted by Gasteiger charge is 2.23. The first-order chi connectivity index (χ1) is 16.5. The second kappa shape index (κ2) is 12.6. The molecule has 0 bridgehead atoms. The minimum atomic E-state index is -1.23. The van der Waals surface area contributed by atoms with E-state index in [0.29, 0.717) is 50.3 Å². The Balaban J connectivity index is 1.68. The lowest BCUT2D eigenvalue weighted by Gasteiger charge is -2.17. The molecule has 2 rings (SSSR count). The number of carbonyl (C=O) groups excluding carboxylic acids is 2. The molecule has 2 heterocycles. The fourth-order valence-electron chi connectivity index (χ4n) is 3.72. The maximum Gasteiger partial charge on any atom is 0.337 e. The average Bonchev–Trinajstić information content (AvgIpc) is 3.39. The summed E-state index contributed by atoms with van der Waals surface area (Å²) >= 11 is 0. The van der Waals surface area contributed by atoms with Gasteiger partial charge in [-0.25, -0.2) is 9.59 Å². The molecule has 2 atom stereocenters. The number of unbranched alkanes of at least 4 members (excludes halogenated alkanes) is 1. The number of hydrogen-bond acceptors (Lipinski definition) is 6. The highest BCUT2D eigenvalue weighted by Crippen LogP contribution is 2.14. The van der Waals surface area contributed by atoms with Crippen molar-refractivity contribution in [3.05, 3.63) is 34.7 Å². The van der Waals surface area contributed by atoms with Gasteiger partial charge in [0.2, 0.25) is 11.8 Å². The van der Waals surface area contributed by atoms with E-state index in [1.807, 2.05) is 6.08 Å². The molecule has 13 nitrogen and oxygen atoms in total. The summed E-state index contributed by atoms with van der Waals surface area (Å²) in [5, 5.41) is 31.1. The molecule has 1 aromatic rings. The van der Waals surface area contributed by atoms with E-state index >= 15 is 0 Å². The second-order valence-corrected chi connectivity index (χ2v) is 8.49. The number of carboxylic acids is 2. The molecule has 1 aliphatic rings. The molecule has 1 aromatic heterocycles. The molecule has 0 radical (unpaired) electrons. The van der Waals surface area contributed by atoms with Gasteiger partial charge in [-0.2, -0.15) is 0 Å². The van der Waals surface area contributed by atoms with Crippen molar-refractivity contribution in [2.24, 2.45) is 11.5 Å². The van der Waals surface area contributed by atoms with Crippen LogP contribution in [0.3, 0.4) is 0 Å². The number of amides is 2. The highest BCUT2D eigenvalue weighted by molar-refractivity contribution is 5.89. The van der Waals surface area contributed by atoms with Gasteiger partial charge in [-0.05, 0) is 32.3 Å². The standard InChI is InChI=1S/C22H33N7O6/c1-12-15(20(32)33)9-14(27-12)10-17(21(34)35)28-18(30)4-2-3-6-26-19(31)16(23)8-13-5-7-29(11-13)22(24)25/h5,9,16-17,27H,2-4,6-8,10-11,23H2,1H3,(H3,24,25)(H,26,31)(H,28,30)(H,32,33)(H,34,35). The third-order valence-corrected chi connectivity index (χ3v) is 5.64. The molecule has 13 heteroatoms. The monoisotopic (exact) mass is 491 g/mol. The second-order valence-electron chi connectivity index (χ2n) is 8.49. The molecule has 0 saturated heterocycles. The summed E-state index contributed by atoms with van der Waals surface area (Å²) in [4.78, 5) is 51.5. The number of aromatic nitrogens is 1. The number of nitrogens with one attached hydrogen (secondary N) is 4. The van der Waals surface area contributed by atoms with Gasteiger partial charge >= 0.3 is 11.9 Å². The van der Waals surface area contributed by atoms with Gasteiger partial charge in [0.25, 0.3) is 0 Å². The molecule has 192 valence electrons. The Morgan fingerprint density at radius 3 is 2.51 bits per heavy atom. The third-order valence-electron chi connectivity index (χ3n) is 5.64. The lowest BCUT2D eigenvalue weighted by Crippen LogP contribution is -2.42. The van der Waals surface area contributed by atoms with Gasteiger partial charge in [0.1, 0.15) is 6.04 Å². The number of aromatic carboxylic acids is 1. The number of carbonyl (C=O) groups is 4. The Kier molecular flexibility index (Phi) is 9.82. The summed E-state index contributed by atoms with van der Waals surface area (Å²) < 4.78 is 0. The normalized spacial score (nSPS) is 14.7. The number of aromatic amines is 1. The number of H-pyrrole nitrogens is 1. The van der Waals surface area contributed by atoms with Gasteiger partial charge in [-0.3, -0.25) is 15.0 Å². The largest absolute Gasteiger partial charge is 0.480 e. The van der Waals surface area contributed by atoms with Gasteiger partial charge in [-0.15, -0.1) is 0 Å². The minimum absolute atomic E-state index is 0.0281. The van der Waals surface area contributed by atoms with Crippen LogP contribution in [-0.2, 0) is 20.8 Å². The molecular weight excluding hydrogens is 458 g/mol. The first-order valence-electron chi connectivity index (χ1n) is 11.2. The fourth-order valence-corrected chi connectivity index (χ4v) is 3.72. The summed E-state index contributed by atoms with van der Waals surface area (Å²) in [6, 6.07) is -0.579. The lowest BCUT2D eigenvalue weighted by atomic mass is 10.1. The van der Waals surface area contributed by atoms with Crippen LogP contribution in [0, 0.1) is 12.3 Å². The van der Waals surface area contributed by atoms with Gasteiger partial charge in [0, 0.05) is 43.9 Å². The van der Waals surface area contributed by atoms with E-state index < -0.39 is 29.9 Å². The van der Waals surface area contributed by atoms with Crippen molar-refractivity contribution in [3.8, 4) is 0 Å². The Labute approximate surface area is 202 Å². The van der Waals surface area contributed by atoms with Crippen LogP contribution in [-0.4, -0.2) is 81.5 Å². The van der Waals surface area contributed by atoms with E-state index in [-0.39, 0.29) is 30.3 Å². The summed E-state index contributed by atoms with van der Waals surface area (Å²) in [5.74, 6) is -3.15. The number of guanidine groups is 1. The van der Waals surface area contributed by atoms with Crippen LogP contribution in [0.15, 0.2) is 17.7 Å². The van der Waals surface area contributed by atoms with E-state index in [0.717, 1.165) is 5.57 Å². The molecular formula is C22H33N7O6. The van der Waals surface area contributed by atoms with Crippen molar-refractivity contribution < 1.29 is 29.4 Å². The number of nitrogens with two attached hydrogens (primary N) is 2. The van der Waals surface area contributed by atoms with Crippen molar-refractivity contribution >= 4 is 29.7 Å². The summed E-state index contributed by atoms with van der Waals surface area (Å²) in [6.07, 6.45) is 3.19. The Morgan fingerprint density at radius 1 is 1.23 bits per heavy atom. The van der Waals surface area contributed by atoms with Gasteiger partial charge in [0.05, 0.1) is 11.6 Å². The zero-order chi connectivity index (χ0) is 26.1. The Bertz CT molecular complexity index is 1000. The van der Waals surface area contributed by atoms with Crippen LogP contribution < -0.4 is 22.1 Å². The van der Waals surface area contributed by atoms with Crippen LogP contribution >= 0.6 is 0 Å². The molecule has 0 spiro atoms. The zero-order valence-corrected chi connectivity index (χ0v) is 19.6. The number of rotatable bonds is 13. The maximum absolute atomic E-state index is 12.2. The fraction of sp³-hybridized carbons (Fsp3) is 0.500. The van der Waals surface area contributed by atoms with Crippen LogP contribution in [0.2, 0.25) is 0 Å². The van der Waals surface area contributed by atoms with E-state index in [2.05, 4.69) is 15.6 Å². The molecule has 2 unspecified atom stereocenters. The predicted octanol–water partition coefficient (Wildman–Crippen LogP) is -0.727. The highest BCUT2D eigenvalue weighted by atomic mass is 16.4. The molecule has 2 amide bonds. The van der Waals surface area contributed by atoms with Crippen LogP contribution in [0.4, 0.5) is 0 Å². The molecule has 35 heavy (non-hydrogen) atoms. The first kappa shape index (κ1) is 27.4. The molecule has 0 saturated carbocycles. The Morgan fingerprint density at radius 2 is 1.94 bits per heavy atom. The number of hydrogen-bond donors (Lipinski definition) is 8. The van der Waals surface area contributed by atoms with Gasteiger partial charge in [0.15, 0.2) is 5.96 Å². The topological polar surface area (TPSA) is 228 Å². The molecule has 0 aliphatic carbocycles. The SMILES string of the molecule is Cc1[nH]c(CC(NC(=O)CCCCNC(=O)C(N)CC2=CCN(C(=N)N)C2)C(=O)O)cc1C(=O)O. The quantitative estimate of drug-likeness (QED) is 0.0751. The molecule has 1 aliphatic heterocycles. The summed E-state index contributed by atoms with van der Waals surface area (Å²) in [7, 11) is 0. The molecule has 10 N–H and O–H groups in total. The Hall–Kier alpha value is -3.87. The third kappa shape index (κ3) is 8.45. The van der Waals surface area contributed by atoms with E-state index in [9.17, 15) is 24.3 Å². The summed E-state index contributed by atoms with van der Waals surface area (Å²) in [6.45, 7) is 2.90. The average molecular weight is 492 g/mol. The van der Waals surface area contributed by atoms with E-state index in [1.54, 1.807) is 11.8 Å². The van der Waals surface area contributed by atoms with Crippen LogP contribution in [0.25, 0.3) is 0 Å². The van der Waals surface area contributed by atoms with Crippen molar-refractivity contribution in [3.63, 3.8) is 0 Å². The smallest absolute Gasteiger partial charge is 0.337 e. The maximum atomic E-state index is 12.2. The van der Waals surface area contributed by atoms with Crippen molar-refractivity contribution in [2.45, 2.75) is 51.1 Å². The van der Waals surface area contributed by atoms with Crippen LogP contribution in [0.5, 0.6) is 0 Å².